The standard InChI is InChI=1S/C59H111N2O6P/c1-6-8-10-12-14-16-18-20-22-24-26-27-28-29-30-31-32-33-35-37-39-41-43-45-47-49-51-53-59(63)60-57(56-67-68(64,65)66-55-54-61(3,4)5)58(62)52-50-48-46-44-42-40-38-36-34-25-23-21-19-17-15-13-11-9-7-2/h8,10,14,16,20,22,26-27,29-30,57-58,62H,6-7,9,11-13,15,17-19,21,23-25,28,31-56H2,1-5H3,(H-,60,63,64,65)/p+1/b10-8-,16-14-,22-20-,27-26-,30-29-. The number of likely N-dealkylation sites (N-methyl/N-ethyl adjacent to an activating group) is 1. The van der Waals surface area contributed by atoms with Crippen molar-refractivity contribution in [1.82, 2.24) is 5.32 Å². The van der Waals surface area contributed by atoms with E-state index in [0.29, 0.717) is 23.9 Å². The van der Waals surface area contributed by atoms with E-state index in [1.807, 2.05) is 21.1 Å². The van der Waals surface area contributed by atoms with Gasteiger partial charge < -0.3 is 19.8 Å². The summed E-state index contributed by atoms with van der Waals surface area (Å²) in [5.41, 5.74) is 0. The molecule has 0 spiro atoms. The molecule has 0 aliphatic heterocycles. The van der Waals surface area contributed by atoms with Gasteiger partial charge in [0.25, 0.3) is 0 Å². The Labute approximate surface area is 422 Å². The fourth-order valence-electron chi connectivity index (χ4n) is 8.31. The Hall–Kier alpha value is -1.80. The lowest BCUT2D eigenvalue weighted by Gasteiger charge is -2.26. The minimum Gasteiger partial charge on any atom is -0.391 e. The molecule has 68 heavy (non-hydrogen) atoms. The van der Waals surface area contributed by atoms with E-state index in [1.54, 1.807) is 0 Å². The second-order valence-electron chi connectivity index (χ2n) is 20.6. The molecule has 0 heterocycles. The van der Waals surface area contributed by atoms with Crippen LogP contribution in [0.15, 0.2) is 60.8 Å². The molecule has 3 N–H and O–H groups in total. The number of quaternary nitrogens is 1. The van der Waals surface area contributed by atoms with Crippen LogP contribution in [0.4, 0.5) is 0 Å². The van der Waals surface area contributed by atoms with Gasteiger partial charge in [0.1, 0.15) is 13.2 Å². The number of phosphoric ester groups is 1. The summed E-state index contributed by atoms with van der Waals surface area (Å²) in [6.45, 7) is 4.79. The van der Waals surface area contributed by atoms with Gasteiger partial charge >= 0.3 is 7.82 Å². The maximum absolute atomic E-state index is 13.0. The highest BCUT2D eigenvalue weighted by atomic mass is 31.2. The third kappa shape index (κ3) is 52.0. The number of hydrogen-bond donors (Lipinski definition) is 3. The molecule has 398 valence electrons. The zero-order valence-corrected chi connectivity index (χ0v) is 46.2. The predicted molar refractivity (Wildman–Crippen MR) is 295 cm³/mol. The molecule has 0 aromatic carbocycles. The van der Waals surface area contributed by atoms with Gasteiger partial charge in [-0.05, 0) is 57.8 Å². The quantitative estimate of drug-likeness (QED) is 0.0243. The number of aliphatic hydroxyl groups is 1. The molecule has 0 aromatic rings. The van der Waals surface area contributed by atoms with Crippen LogP contribution in [-0.2, 0) is 18.4 Å². The Morgan fingerprint density at radius 1 is 0.515 bits per heavy atom. The Bertz CT molecular complexity index is 1290. The molecule has 0 bridgehead atoms. The monoisotopic (exact) mass is 976 g/mol. The van der Waals surface area contributed by atoms with E-state index in [-0.39, 0.29) is 19.1 Å². The molecule has 0 saturated heterocycles. The van der Waals surface area contributed by atoms with Gasteiger partial charge in [-0.25, -0.2) is 4.57 Å². The summed E-state index contributed by atoms with van der Waals surface area (Å²) in [5.74, 6) is -0.147. The summed E-state index contributed by atoms with van der Waals surface area (Å²) in [7, 11) is 1.61. The molecule has 9 heteroatoms. The maximum Gasteiger partial charge on any atom is 0.472 e. The molecule has 3 unspecified atom stereocenters. The number of phosphoric acid groups is 1. The largest absolute Gasteiger partial charge is 0.472 e. The van der Waals surface area contributed by atoms with Crippen molar-refractivity contribution in [3.63, 3.8) is 0 Å². The molecular weight excluding hydrogens is 864 g/mol. The number of aliphatic hydroxyl groups excluding tert-OH is 1. The maximum atomic E-state index is 13.0. The van der Waals surface area contributed by atoms with Crippen molar-refractivity contribution in [2.45, 2.75) is 270 Å². The first kappa shape index (κ1) is 66.2. The zero-order chi connectivity index (χ0) is 49.9. The van der Waals surface area contributed by atoms with Crippen molar-refractivity contribution in [2.75, 3.05) is 40.9 Å². The average molecular weight is 977 g/mol. The molecule has 0 aliphatic rings. The number of unbranched alkanes of at least 4 members (excludes halogenated alkanes) is 29. The van der Waals surface area contributed by atoms with E-state index in [9.17, 15) is 19.4 Å². The highest BCUT2D eigenvalue weighted by Gasteiger charge is 2.28. The number of hydrogen-bond acceptors (Lipinski definition) is 5. The van der Waals surface area contributed by atoms with E-state index in [4.69, 9.17) is 9.05 Å². The molecule has 3 atom stereocenters. The first-order valence-electron chi connectivity index (χ1n) is 28.7. The summed E-state index contributed by atoms with van der Waals surface area (Å²) in [6, 6.07) is -0.765. The number of nitrogens with one attached hydrogen (secondary N) is 1. The number of amides is 1. The summed E-state index contributed by atoms with van der Waals surface area (Å²) in [4.78, 5) is 23.3. The van der Waals surface area contributed by atoms with Crippen LogP contribution in [-0.4, -0.2) is 73.4 Å². The Balaban J connectivity index is 4.18. The minimum absolute atomic E-state index is 0.0726. The minimum atomic E-state index is -4.33. The van der Waals surface area contributed by atoms with Gasteiger partial charge in [-0.1, -0.05) is 254 Å². The number of nitrogens with zero attached hydrogens (tertiary/aromatic N) is 1. The fourth-order valence-corrected chi connectivity index (χ4v) is 9.05. The van der Waals surface area contributed by atoms with E-state index in [2.05, 4.69) is 79.9 Å². The van der Waals surface area contributed by atoms with Gasteiger partial charge in [0, 0.05) is 6.42 Å². The van der Waals surface area contributed by atoms with Crippen LogP contribution < -0.4 is 5.32 Å². The molecule has 0 aromatic heterocycles. The van der Waals surface area contributed by atoms with Crippen molar-refractivity contribution in [1.29, 1.82) is 0 Å². The second kappa shape index (κ2) is 50.2. The van der Waals surface area contributed by atoms with Crippen LogP contribution in [0, 0.1) is 0 Å². The molecule has 0 radical (unpaired) electrons. The summed E-state index contributed by atoms with van der Waals surface area (Å²) in [6.07, 6.45) is 66.9. The van der Waals surface area contributed by atoms with Crippen LogP contribution in [0.25, 0.3) is 0 Å². The lowest BCUT2D eigenvalue weighted by Crippen LogP contribution is -2.46. The Kier molecular flexibility index (Phi) is 48.8. The van der Waals surface area contributed by atoms with E-state index in [1.165, 1.54) is 161 Å². The van der Waals surface area contributed by atoms with Crippen molar-refractivity contribution in [3.8, 4) is 0 Å². The number of carbonyl (C=O) groups excluding carboxylic acids is 1. The zero-order valence-electron chi connectivity index (χ0n) is 45.3. The van der Waals surface area contributed by atoms with Gasteiger partial charge in [-0.15, -0.1) is 0 Å². The summed E-state index contributed by atoms with van der Waals surface area (Å²) >= 11 is 0. The van der Waals surface area contributed by atoms with Gasteiger partial charge in [0.05, 0.1) is 39.9 Å². The molecule has 1 amide bonds. The fraction of sp³-hybridized carbons (Fsp3) is 0.814. The van der Waals surface area contributed by atoms with Gasteiger partial charge in [-0.2, -0.15) is 0 Å². The third-order valence-electron chi connectivity index (χ3n) is 12.8. The van der Waals surface area contributed by atoms with Crippen LogP contribution in [0.3, 0.4) is 0 Å². The number of carbonyl (C=O) groups is 1. The smallest absolute Gasteiger partial charge is 0.391 e. The van der Waals surface area contributed by atoms with Crippen molar-refractivity contribution in [3.05, 3.63) is 60.8 Å². The molecule has 0 saturated carbocycles. The summed E-state index contributed by atoms with van der Waals surface area (Å²) in [5, 5.41) is 14.1. The van der Waals surface area contributed by atoms with E-state index < -0.39 is 20.0 Å². The first-order valence-corrected chi connectivity index (χ1v) is 30.1. The average Bonchev–Trinajstić information content (AvgIpc) is 3.30. The first-order chi connectivity index (χ1) is 33.0. The predicted octanol–water partition coefficient (Wildman–Crippen LogP) is 17.3. The molecule has 0 rings (SSSR count). The SMILES string of the molecule is CC/C=C\C/C=C\C/C=C\C/C=C\C/C=C\CCCCCCCCCCCCCC(=O)NC(COP(=O)(O)OCC[N+](C)(C)C)C(O)CCCCCCCCCCCCCCCCCCCCC. The normalized spacial score (nSPS) is 14.4. The van der Waals surface area contributed by atoms with E-state index in [0.717, 1.165) is 70.6 Å². The van der Waals surface area contributed by atoms with Gasteiger partial charge in [0.2, 0.25) is 5.91 Å². The van der Waals surface area contributed by atoms with Crippen molar-refractivity contribution in [2.24, 2.45) is 0 Å². The van der Waals surface area contributed by atoms with Crippen LogP contribution >= 0.6 is 7.82 Å². The second-order valence-corrected chi connectivity index (χ2v) is 22.1. The topological polar surface area (TPSA) is 105 Å². The number of rotatable bonds is 52. The lowest BCUT2D eigenvalue weighted by molar-refractivity contribution is -0.870. The van der Waals surface area contributed by atoms with Crippen molar-refractivity contribution >= 4 is 13.7 Å². The third-order valence-corrected chi connectivity index (χ3v) is 13.8. The molecule has 0 aliphatic carbocycles. The van der Waals surface area contributed by atoms with Gasteiger partial charge in [-0.3, -0.25) is 13.8 Å². The highest BCUT2D eigenvalue weighted by Crippen LogP contribution is 2.43. The Morgan fingerprint density at radius 3 is 1.29 bits per heavy atom. The van der Waals surface area contributed by atoms with E-state index >= 15 is 0 Å². The van der Waals surface area contributed by atoms with Crippen molar-refractivity contribution < 1.29 is 32.9 Å². The van der Waals surface area contributed by atoms with Gasteiger partial charge in [0.15, 0.2) is 0 Å². The number of allylic oxidation sites excluding steroid dienone is 10. The molecular formula is C59H112N2O6P+. The molecule has 8 nitrogen and oxygen atoms in total. The van der Waals surface area contributed by atoms with Crippen LogP contribution in [0.1, 0.15) is 258 Å². The molecule has 0 fully saturated rings. The highest BCUT2D eigenvalue weighted by molar-refractivity contribution is 7.47. The van der Waals surface area contributed by atoms with Crippen LogP contribution in [0.5, 0.6) is 0 Å². The van der Waals surface area contributed by atoms with Crippen LogP contribution in [0.2, 0.25) is 0 Å². The Morgan fingerprint density at radius 2 is 0.882 bits per heavy atom. The lowest BCUT2D eigenvalue weighted by atomic mass is 10.0. The summed E-state index contributed by atoms with van der Waals surface area (Å²) < 4.78 is 23.8.